The Morgan fingerprint density at radius 1 is 0.337 bits per heavy atom. The highest BCUT2D eigenvalue weighted by Crippen LogP contribution is 2.42. The summed E-state index contributed by atoms with van der Waals surface area (Å²) in [5.74, 6) is -8.37. The first kappa shape index (κ1) is 81.1. The van der Waals surface area contributed by atoms with Gasteiger partial charge in [0, 0.05) is 19.4 Å². The van der Waals surface area contributed by atoms with Gasteiger partial charge in [0.2, 0.25) is 5.79 Å². The van der Waals surface area contributed by atoms with Crippen molar-refractivity contribution < 1.29 is 123 Å². The fourth-order valence-electron chi connectivity index (χ4n) is 8.86. The lowest BCUT2D eigenvalue weighted by atomic mass is 9.83. The smallest absolute Gasteiger partial charge is 0.508 e. The number of benzene rings is 7. The summed E-state index contributed by atoms with van der Waals surface area (Å²) >= 11 is 0. The van der Waals surface area contributed by atoms with Crippen LogP contribution in [0, 0.1) is 0 Å². The number of aromatic hydroxyl groups is 5. The molecule has 2 heterocycles. The zero-order valence-electron chi connectivity index (χ0n) is 57.2. The van der Waals surface area contributed by atoms with Crippen LogP contribution in [0.4, 0.5) is 8.78 Å². The van der Waals surface area contributed by atoms with Crippen LogP contribution >= 0.6 is 0 Å². The first-order valence-corrected chi connectivity index (χ1v) is 29.8. The number of fused-ring (bicyclic) bond motifs is 2. The third-order valence-electron chi connectivity index (χ3n) is 13.9. The molecular weight excluding hydrogens is 1280 g/mol. The SMILES string of the molecule is CC(C)(C)c1ccc(C(=O)O)c(O)c1.CC(C)(C)c1ccc(O)c(C(=O)O)c1.CC(C)(C)c1ccc(O)cc1C(=O)O.CC(C)(C)c1cccc(C(=O)O)c1O.CC(C)(C)c1cccc(O)c1C(=O)O.CC1(C)Oc2ccc(C(=O)O)cc2O1.O=C(O)c1ccc2c(c1)OC(F)(F)O2. The number of phenols is 5. The number of carboxylic acid groups (broad SMARTS) is 7. The number of ether oxygens (including phenoxy) is 4. The monoisotopic (exact) mass is 1370 g/mol. The predicted molar refractivity (Wildman–Crippen MR) is 357 cm³/mol. The van der Waals surface area contributed by atoms with Crippen LogP contribution in [-0.4, -0.2) is 115 Å². The molecule has 0 radical (unpaired) electrons. The number of carbonyl (C=O) groups is 7. The van der Waals surface area contributed by atoms with Gasteiger partial charge in [-0.25, -0.2) is 33.6 Å². The summed E-state index contributed by atoms with van der Waals surface area (Å²) in [5.41, 5.74) is 2.94. The second-order valence-corrected chi connectivity index (χ2v) is 27.6. The Morgan fingerprint density at radius 3 is 1.18 bits per heavy atom. The van der Waals surface area contributed by atoms with Gasteiger partial charge in [0.05, 0.1) is 16.7 Å². The molecule has 0 spiro atoms. The molecular formula is C73H84F2O23. The molecule has 98 heavy (non-hydrogen) atoms. The Kier molecular flexibility index (Phi) is 26.2. The quantitative estimate of drug-likeness (QED) is 0.0705. The highest BCUT2D eigenvalue weighted by atomic mass is 19.3. The van der Waals surface area contributed by atoms with Gasteiger partial charge in [-0.05, 0) is 134 Å². The van der Waals surface area contributed by atoms with Gasteiger partial charge < -0.3 is 80.2 Å². The average molecular weight is 1370 g/mol. The van der Waals surface area contributed by atoms with E-state index in [0.717, 1.165) is 34.9 Å². The van der Waals surface area contributed by atoms with E-state index in [9.17, 15) is 67.9 Å². The Morgan fingerprint density at radius 2 is 0.755 bits per heavy atom. The van der Waals surface area contributed by atoms with E-state index < -0.39 is 53.9 Å². The van der Waals surface area contributed by atoms with Crippen molar-refractivity contribution in [2.24, 2.45) is 0 Å². The lowest BCUT2D eigenvalue weighted by Crippen LogP contribution is -2.29. The number of halogens is 2. The highest BCUT2D eigenvalue weighted by molar-refractivity contribution is 5.94. The van der Waals surface area contributed by atoms with Crippen molar-refractivity contribution in [1.29, 1.82) is 0 Å². The molecule has 7 aromatic carbocycles. The van der Waals surface area contributed by atoms with Crippen molar-refractivity contribution >= 4 is 41.8 Å². The topological polar surface area (TPSA) is 399 Å². The lowest BCUT2D eigenvalue weighted by molar-refractivity contribution is -0.286. The number of carboxylic acids is 7. The number of phenolic OH excluding ortho intramolecular Hbond substituents is 1. The van der Waals surface area contributed by atoms with Crippen LogP contribution < -0.4 is 18.9 Å². The molecule has 0 aromatic heterocycles. The van der Waals surface area contributed by atoms with Crippen LogP contribution in [0.2, 0.25) is 0 Å². The third kappa shape index (κ3) is 23.4. The maximum atomic E-state index is 12.5. The normalized spacial score (nSPS) is 12.9. The Bertz CT molecular complexity index is 3990. The maximum absolute atomic E-state index is 12.5. The minimum Gasteiger partial charge on any atom is -0.508 e. The molecule has 528 valence electrons. The van der Waals surface area contributed by atoms with E-state index in [0.29, 0.717) is 22.6 Å². The molecule has 0 saturated carbocycles. The van der Waals surface area contributed by atoms with Crippen LogP contribution in [0.25, 0.3) is 0 Å². The number of hydrogen-bond donors (Lipinski definition) is 12. The summed E-state index contributed by atoms with van der Waals surface area (Å²) in [4.78, 5) is 75.1. The molecule has 0 amide bonds. The Balaban J connectivity index is 0.000000298. The second-order valence-electron chi connectivity index (χ2n) is 27.6. The highest BCUT2D eigenvalue weighted by Gasteiger charge is 2.43. The molecule has 2 aliphatic rings. The first-order valence-electron chi connectivity index (χ1n) is 29.8. The Labute approximate surface area is 565 Å². The standard InChI is InChI=1S/5C11H14O3.C10H10O4.C8H4F2O4/c1-11(2,3)9-5-4-7(12)6-8(9)10(13)14;1-11(2,3)7-4-5-9(12)8(6-7)10(13)14;1-11(2,3)7-4-5-8(10(13)14)9(12)6-7;1-11(2,3)7-5-4-6-8(12)9(7)10(13)14;1-11(2,3)8-6-4-5-7(9(8)12)10(13)14;1-10(2)13-7-4-3-6(9(11)12)5-8(7)14-10;9-8(10)13-5-2-1-4(7(11)12)3-6(5)14-8/h5*4-6,12H,1-3H3,(H,13,14);3-5H,1-2H3,(H,11,12);1-3H,(H,11,12). The van der Waals surface area contributed by atoms with Crippen LogP contribution in [0.3, 0.4) is 0 Å². The summed E-state index contributed by atoms with van der Waals surface area (Å²) in [6, 6.07) is 31.1. The van der Waals surface area contributed by atoms with Gasteiger partial charge in [-0.15, -0.1) is 8.78 Å². The molecule has 0 unspecified atom stereocenters. The number of hydrogen-bond acceptors (Lipinski definition) is 16. The molecule has 2 aliphatic heterocycles. The van der Waals surface area contributed by atoms with E-state index >= 15 is 0 Å². The minimum absolute atomic E-state index is 0.000000000000000222. The summed E-state index contributed by atoms with van der Waals surface area (Å²) in [5, 5.41) is 109. The van der Waals surface area contributed by atoms with E-state index in [-0.39, 0.29) is 106 Å². The number of aromatic carboxylic acids is 7. The fourth-order valence-corrected chi connectivity index (χ4v) is 8.86. The van der Waals surface area contributed by atoms with Crippen molar-refractivity contribution in [2.75, 3.05) is 0 Å². The van der Waals surface area contributed by atoms with Crippen molar-refractivity contribution in [2.45, 2.75) is 157 Å². The van der Waals surface area contributed by atoms with Crippen LogP contribution in [0.1, 0.15) is 218 Å². The van der Waals surface area contributed by atoms with Crippen LogP contribution in [-0.2, 0) is 27.1 Å². The Hall–Kier alpha value is -11.1. The molecule has 23 nitrogen and oxygen atoms in total. The molecule has 0 aliphatic carbocycles. The zero-order valence-corrected chi connectivity index (χ0v) is 57.2. The maximum Gasteiger partial charge on any atom is 0.586 e. The molecule has 0 bridgehead atoms. The molecule has 0 fully saturated rings. The zero-order chi connectivity index (χ0) is 75.3. The first-order chi connectivity index (χ1) is 44.6. The minimum atomic E-state index is -3.71. The van der Waals surface area contributed by atoms with Gasteiger partial charge >= 0.3 is 48.1 Å². The van der Waals surface area contributed by atoms with Gasteiger partial charge in [-0.1, -0.05) is 146 Å². The van der Waals surface area contributed by atoms with Crippen molar-refractivity contribution in [1.82, 2.24) is 0 Å². The summed E-state index contributed by atoms with van der Waals surface area (Å²) in [6.45, 7) is 32.8. The number of para-hydroxylation sites is 1. The van der Waals surface area contributed by atoms with E-state index in [4.69, 9.17) is 45.2 Å². The molecule has 7 aromatic rings. The van der Waals surface area contributed by atoms with Crippen molar-refractivity contribution in [3.8, 4) is 51.7 Å². The molecule has 0 saturated heterocycles. The summed E-state index contributed by atoms with van der Waals surface area (Å²) < 4.78 is 43.9. The number of alkyl halides is 2. The average Bonchev–Trinajstić information content (AvgIpc) is 1.32. The molecule has 9 rings (SSSR count). The van der Waals surface area contributed by atoms with Gasteiger partial charge in [-0.3, -0.25) is 0 Å². The van der Waals surface area contributed by atoms with E-state index in [1.54, 1.807) is 62.4 Å². The van der Waals surface area contributed by atoms with Gasteiger partial charge in [0.15, 0.2) is 23.0 Å². The molecule has 12 N–H and O–H groups in total. The number of rotatable bonds is 7. The predicted octanol–water partition coefficient (Wildman–Crippen LogP) is 15.5. The van der Waals surface area contributed by atoms with Crippen molar-refractivity contribution in [3.05, 3.63) is 194 Å². The van der Waals surface area contributed by atoms with E-state index in [2.05, 4.69) is 9.47 Å². The molecule has 0 atom stereocenters. The van der Waals surface area contributed by atoms with Gasteiger partial charge in [0.25, 0.3) is 0 Å². The lowest BCUT2D eigenvalue weighted by Gasteiger charge is -2.21. The second kappa shape index (κ2) is 31.6. The summed E-state index contributed by atoms with van der Waals surface area (Å²) in [7, 11) is 0. The largest absolute Gasteiger partial charge is 0.586 e. The molecule has 25 heteroatoms. The van der Waals surface area contributed by atoms with Crippen LogP contribution in [0.5, 0.6) is 51.7 Å². The third-order valence-corrected chi connectivity index (χ3v) is 13.9. The fraction of sp³-hybridized carbons (Fsp3) is 0.329. The van der Waals surface area contributed by atoms with E-state index in [1.165, 1.54) is 60.7 Å². The van der Waals surface area contributed by atoms with E-state index in [1.807, 2.05) is 104 Å². The van der Waals surface area contributed by atoms with Crippen molar-refractivity contribution in [3.63, 3.8) is 0 Å². The van der Waals surface area contributed by atoms with Crippen LogP contribution in [0.15, 0.2) is 127 Å². The van der Waals surface area contributed by atoms with Gasteiger partial charge in [0.1, 0.15) is 51.0 Å². The van der Waals surface area contributed by atoms with Gasteiger partial charge in [-0.2, -0.15) is 0 Å². The summed E-state index contributed by atoms with van der Waals surface area (Å²) in [6.07, 6.45) is -3.71.